The molecule has 452 valence electrons. The fourth-order valence-corrected chi connectivity index (χ4v) is 9.92. The van der Waals surface area contributed by atoms with Gasteiger partial charge in [-0.1, -0.05) is 331 Å². The second-order valence-electron chi connectivity index (χ2n) is 22.7. The Morgan fingerprint density at radius 1 is 0.269 bits per heavy atom. The third-order valence-electron chi connectivity index (χ3n) is 15.0. The zero-order chi connectivity index (χ0) is 56.4. The van der Waals surface area contributed by atoms with Gasteiger partial charge in [-0.3, -0.25) is 14.4 Å². The maximum Gasteiger partial charge on any atom is 0.306 e. The molecule has 0 heterocycles. The van der Waals surface area contributed by atoms with Crippen LogP contribution in [0.3, 0.4) is 0 Å². The Morgan fingerprint density at radius 2 is 0.500 bits per heavy atom. The van der Waals surface area contributed by atoms with Gasteiger partial charge in [0, 0.05) is 19.3 Å². The molecule has 0 aromatic carbocycles. The summed E-state index contributed by atoms with van der Waals surface area (Å²) in [5, 5.41) is 0. The molecule has 0 N–H and O–H groups in total. The van der Waals surface area contributed by atoms with Crippen molar-refractivity contribution in [3.8, 4) is 0 Å². The maximum atomic E-state index is 12.9. The molecule has 78 heavy (non-hydrogen) atoms. The molecule has 0 amide bonds. The van der Waals surface area contributed by atoms with Crippen LogP contribution in [0, 0.1) is 0 Å². The van der Waals surface area contributed by atoms with Crippen LogP contribution in [0.1, 0.15) is 348 Å². The van der Waals surface area contributed by atoms with Crippen molar-refractivity contribution >= 4 is 17.9 Å². The number of hydrogen-bond acceptors (Lipinski definition) is 6. The molecule has 0 saturated carbocycles. The first-order chi connectivity index (χ1) is 38.5. The topological polar surface area (TPSA) is 78.9 Å². The molecule has 0 aliphatic rings. The Bertz CT molecular complexity index is 1440. The van der Waals surface area contributed by atoms with Gasteiger partial charge in [0.15, 0.2) is 6.10 Å². The molecule has 0 spiro atoms. The number of esters is 3. The number of hydrogen-bond donors (Lipinski definition) is 0. The second kappa shape index (κ2) is 66.4. The van der Waals surface area contributed by atoms with Crippen LogP contribution < -0.4 is 0 Å². The van der Waals surface area contributed by atoms with Crippen LogP contribution in [-0.4, -0.2) is 37.2 Å². The van der Waals surface area contributed by atoms with Crippen molar-refractivity contribution in [3.05, 3.63) is 72.9 Å². The molecule has 1 unspecified atom stereocenters. The molecule has 0 aromatic heterocycles. The van der Waals surface area contributed by atoms with Crippen LogP contribution in [0.25, 0.3) is 0 Å². The standard InChI is InChI=1S/C72H128O6/c1-4-7-10-13-16-18-20-22-24-26-28-30-32-33-34-35-36-37-38-39-41-42-44-46-48-50-52-54-56-59-62-65-71(74)77-68-69(67-76-70(73)64-61-58-15-12-9-6-3)78-72(75)66-63-60-57-55-53-51-49-47-45-43-40-31-29-27-25-23-21-19-17-14-11-8-5-2/h7,10,16,18,22,24,28,30,33-34,36-37,69H,4-6,8-9,11-15,17,19-21,23,25-27,29,31-32,35,38-68H2,1-3H3/b10-7-,18-16-,24-22-,30-28-,34-33-,37-36-. The quantitative estimate of drug-likeness (QED) is 0.0261. The Labute approximate surface area is 484 Å². The number of allylic oxidation sites excluding steroid dienone is 12. The van der Waals surface area contributed by atoms with E-state index in [0.717, 1.165) is 96.3 Å². The fraction of sp³-hybridized carbons (Fsp3) is 0.792. The van der Waals surface area contributed by atoms with Crippen LogP contribution in [0.15, 0.2) is 72.9 Å². The Kier molecular flexibility index (Phi) is 63.7. The van der Waals surface area contributed by atoms with Crippen molar-refractivity contribution in [3.63, 3.8) is 0 Å². The van der Waals surface area contributed by atoms with Crippen molar-refractivity contribution in [1.29, 1.82) is 0 Å². The highest BCUT2D eigenvalue weighted by Gasteiger charge is 2.19. The first-order valence-electron chi connectivity index (χ1n) is 33.9. The summed E-state index contributed by atoms with van der Waals surface area (Å²) in [5.74, 6) is -0.864. The van der Waals surface area contributed by atoms with E-state index in [1.807, 2.05) is 0 Å². The van der Waals surface area contributed by atoms with Crippen LogP contribution in [0.5, 0.6) is 0 Å². The highest BCUT2D eigenvalue weighted by Crippen LogP contribution is 2.18. The summed E-state index contributed by atoms with van der Waals surface area (Å²) in [5.41, 5.74) is 0. The molecule has 0 aliphatic carbocycles. The number of carbonyl (C=O) groups excluding carboxylic acids is 3. The predicted molar refractivity (Wildman–Crippen MR) is 339 cm³/mol. The van der Waals surface area contributed by atoms with E-state index in [-0.39, 0.29) is 31.1 Å². The first-order valence-corrected chi connectivity index (χ1v) is 33.9. The average molecular weight is 1090 g/mol. The second-order valence-corrected chi connectivity index (χ2v) is 22.7. The summed E-state index contributed by atoms with van der Waals surface area (Å²) >= 11 is 0. The number of ether oxygens (including phenoxy) is 3. The van der Waals surface area contributed by atoms with Crippen LogP contribution in [0.4, 0.5) is 0 Å². The Balaban J connectivity index is 4.03. The third kappa shape index (κ3) is 63.7. The monoisotopic (exact) mass is 1090 g/mol. The molecule has 1 atom stereocenters. The first kappa shape index (κ1) is 74.8. The van der Waals surface area contributed by atoms with Gasteiger partial charge in [-0.05, 0) is 70.6 Å². The van der Waals surface area contributed by atoms with E-state index >= 15 is 0 Å². The number of unbranched alkanes of at least 4 members (excludes halogenated alkanes) is 39. The molecular weight excluding hydrogens is 961 g/mol. The van der Waals surface area contributed by atoms with E-state index in [2.05, 4.69) is 93.7 Å². The van der Waals surface area contributed by atoms with E-state index in [1.165, 1.54) is 212 Å². The molecule has 0 aliphatic heterocycles. The summed E-state index contributed by atoms with van der Waals surface area (Å²) in [6.07, 6.45) is 86.8. The number of rotatable bonds is 62. The fourth-order valence-electron chi connectivity index (χ4n) is 9.92. The molecule has 0 fully saturated rings. The molecule has 6 heteroatoms. The van der Waals surface area contributed by atoms with E-state index in [0.29, 0.717) is 19.3 Å². The molecule has 0 saturated heterocycles. The van der Waals surface area contributed by atoms with Gasteiger partial charge in [0.2, 0.25) is 0 Å². The van der Waals surface area contributed by atoms with Gasteiger partial charge in [-0.25, -0.2) is 0 Å². The van der Waals surface area contributed by atoms with Crippen molar-refractivity contribution in [2.24, 2.45) is 0 Å². The Morgan fingerprint density at radius 3 is 0.782 bits per heavy atom. The van der Waals surface area contributed by atoms with E-state index < -0.39 is 6.10 Å². The molecule has 0 radical (unpaired) electrons. The minimum absolute atomic E-state index is 0.0713. The van der Waals surface area contributed by atoms with Gasteiger partial charge in [-0.2, -0.15) is 0 Å². The van der Waals surface area contributed by atoms with Gasteiger partial charge < -0.3 is 14.2 Å². The zero-order valence-electron chi connectivity index (χ0n) is 51.9. The minimum Gasteiger partial charge on any atom is -0.462 e. The van der Waals surface area contributed by atoms with Crippen molar-refractivity contribution in [1.82, 2.24) is 0 Å². The summed E-state index contributed by atoms with van der Waals surface area (Å²) in [6, 6.07) is 0. The summed E-state index contributed by atoms with van der Waals surface area (Å²) in [4.78, 5) is 38.1. The van der Waals surface area contributed by atoms with Gasteiger partial charge in [0.25, 0.3) is 0 Å². The predicted octanol–water partition coefficient (Wildman–Crippen LogP) is 23.3. The lowest BCUT2D eigenvalue weighted by atomic mass is 10.0. The van der Waals surface area contributed by atoms with Gasteiger partial charge in [0.05, 0.1) is 0 Å². The molecule has 0 aromatic rings. The molecule has 6 nitrogen and oxygen atoms in total. The van der Waals surface area contributed by atoms with E-state index in [4.69, 9.17) is 14.2 Å². The van der Waals surface area contributed by atoms with Crippen LogP contribution in [-0.2, 0) is 28.6 Å². The van der Waals surface area contributed by atoms with Crippen LogP contribution >= 0.6 is 0 Å². The lowest BCUT2D eigenvalue weighted by Gasteiger charge is -2.18. The van der Waals surface area contributed by atoms with Crippen molar-refractivity contribution in [2.75, 3.05) is 13.2 Å². The number of carbonyl (C=O) groups is 3. The van der Waals surface area contributed by atoms with Crippen molar-refractivity contribution in [2.45, 2.75) is 354 Å². The average Bonchev–Trinajstić information content (AvgIpc) is 3.44. The van der Waals surface area contributed by atoms with Gasteiger partial charge in [0.1, 0.15) is 13.2 Å². The molecule has 0 bridgehead atoms. The third-order valence-corrected chi connectivity index (χ3v) is 15.0. The highest BCUT2D eigenvalue weighted by molar-refractivity contribution is 5.71. The summed E-state index contributed by atoms with van der Waals surface area (Å²) in [7, 11) is 0. The maximum absolute atomic E-state index is 12.9. The van der Waals surface area contributed by atoms with E-state index in [9.17, 15) is 14.4 Å². The zero-order valence-corrected chi connectivity index (χ0v) is 51.9. The highest BCUT2D eigenvalue weighted by atomic mass is 16.6. The normalized spacial score (nSPS) is 12.5. The van der Waals surface area contributed by atoms with Crippen molar-refractivity contribution < 1.29 is 28.6 Å². The minimum atomic E-state index is -0.771. The molecule has 0 rings (SSSR count). The molecular formula is C72H128O6. The largest absolute Gasteiger partial charge is 0.462 e. The Hall–Kier alpha value is -3.15. The summed E-state index contributed by atoms with van der Waals surface area (Å²) in [6.45, 7) is 6.52. The summed E-state index contributed by atoms with van der Waals surface area (Å²) < 4.78 is 16.8. The van der Waals surface area contributed by atoms with E-state index in [1.54, 1.807) is 0 Å². The van der Waals surface area contributed by atoms with Gasteiger partial charge in [-0.15, -0.1) is 0 Å². The lowest BCUT2D eigenvalue weighted by Crippen LogP contribution is -2.30. The lowest BCUT2D eigenvalue weighted by molar-refractivity contribution is -0.167. The smallest absolute Gasteiger partial charge is 0.306 e. The van der Waals surface area contributed by atoms with Crippen LogP contribution in [0.2, 0.25) is 0 Å². The SMILES string of the molecule is CC/C=C\C/C=C\C/C=C\C/C=C\C/C=C\C/C=C\CCCCCCCCCCCCCCC(=O)OCC(COC(=O)CCCCCCCC)OC(=O)CCCCCCCCCCCCCCCCCCCCCCCCC. The van der Waals surface area contributed by atoms with Gasteiger partial charge >= 0.3 is 17.9 Å².